The standard InChI is InChI=1S/C11H12N2/c1-7-5-6-9(12)8-3-2-4-10(13)11(7)8/h2-6H,12-13H2,1H3. The smallest absolute Gasteiger partial charge is 0.0397 e. The molecule has 4 N–H and O–H groups in total. The Kier molecular flexibility index (Phi) is 1.62. The van der Waals surface area contributed by atoms with Gasteiger partial charge >= 0.3 is 0 Å². The summed E-state index contributed by atoms with van der Waals surface area (Å²) in [4.78, 5) is 0. The number of nitrogens with two attached hydrogens (primary N) is 2. The molecular formula is C11H12N2. The van der Waals surface area contributed by atoms with Crippen LogP contribution >= 0.6 is 0 Å². The lowest BCUT2D eigenvalue weighted by Gasteiger charge is -2.07. The second-order valence-electron chi connectivity index (χ2n) is 3.24. The van der Waals surface area contributed by atoms with E-state index in [0.29, 0.717) is 0 Å². The zero-order chi connectivity index (χ0) is 9.42. The normalized spacial score (nSPS) is 10.5. The Bertz CT molecular complexity index is 453. The Morgan fingerprint density at radius 3 is 2.38 bits per heavy atom. The molecule has 2 rings (SSSR count). The lowest BCUT2D eigenvalue weighted by Crippen LogP contribution is -1.92. The summed E-state index contributed by atoms with van der Waals surface area (Å²) in [5, 5.41) is 2.11. The summed E-state index contributed by atoms with van der Waals surface area (Å²) in [7, 11) is 0. The topological polar surface area (TPSA) is 52.0 Å². The third-order valence-electron chi connectivity index (χ3n) is 2.31. The minimum absolute atomic E-state index is 0.785. The molecule has 0 radical (unpaired) electrons. The number of benzene rings is 2. The summed E-state index contributed by atoms with van der Waals surface area (Å²) in [6, 6.07) is 9.72. The first kappa shape index (κ1) is 7.92. The van der Waals surface area contributed by atoms with Crippen molar-refractivity contribution in [3.63, 3.8) is 0 Å². The van der Waals surface area contributed by atoms with E-state index >= 15 is 0 Å². The van der Waals surface area contributed by atoms with Crippen molar-refractivity contribution >= 4 is 22.1 Å². The Labute approximate surface area is 77.2 Å². The van der Waals surface area contributed by atoms with E-state index in [1.54, 1.807) is 0 Å². The van der Waals surface area contributed by atoms with Gasteiger partial charge in [-0.1, -0.05) is 18.2 Å². The SMILES string of the molecule is Cc1ccc(N)c2cccc(N)c12. The van der Waals surface area contributed by atoms with Gasteiger partial charge in [-0.05, 0) is 24.6 Å². The molecule has 2 aromatic rings. The summed E-state index contributed by atoms with van der Waals surface area (Å²) >= 11 is 0. The quantitative estimate of drug-likeness (QED) is 0.599. The average molecular weight is 172 g/mol. The van der Waals surface area contributed by atoms with Crippen molar-refractivity contribution in [3.8, 4) is 0 Å². The number of fused-ring (bicyclic) bond motifs is 1. The molecule has 2 nitrogen and oxygen atoms in total. The molecule has 0 aliphatic heterocycles. The van der Waals surface area contributed by atoms with E-state index in [0.717, 1.165) is 22.1 Å². The molecule has 0 bridgehead atoms. The third kappa shape index (κ3) is 1.11. The molecule has 0 unspecified atom stereocenters. The van der Waals surface area contributed by atoms with E-state index in [1.807, 2.05) is 37.3 Å². The van der Waals surface area contributed by atoms with Gasteiger partial charge in [-0.2, -0.15) is 0 Å². The van der Waals surface area contributed by atoms with Gasteiger partial charge < -0.3 is 11.5 Å². The largest absolute Gasteiger partial charge is 0.398 e. The van der Waals surface area contributed by atoms with Crippen LogP contribution < -0.4 is 11.5 Å². The van der Waals surface area contributed by atoms with Crippen molar-refractivity contribution in [1.82, 2.24) is 0 Å². The lowest BCUT2D eigenvalue weighted by atomic mass is 10.0. The monoisotopic (exact) mass is 172 g/mol. The number of hydrogen-bond acceptors (Lipinski definition) is 2. The van der Waals surface area contributed by atoms with Gasteiger partial charge in [0.25, 0.3) is 0 Å². The second kappa shape index (κ2) is 2.66. The minimum atomic E-state index is 0.785. The van der Waals surface area contributed by atoms with Crippen LogP contribution in [0.25, 0.3) is 10.8 Å². The highest BCUT2D eigenvalue weighted by molar-refractivity contribution is 6.01. The first-order valence-corrected chi connectivity index (χ1v) is 4.23. The van der Waals surface area contributed by atoms with Crippen LogP contribution in [-0.4, -0.2) is 0 Å². The van der Waals surface area contributed by atoms with Gasteiger partial charge in [-0.15, -0.1) is 0 Å². The molecule has 0 saturated carbocycles. The predicted molar refractivity (Wildman–Crippen MR) is 57.5 cm³/mol. The van der Waals surface area contributed by atoms with E-state index in [9.17, 15) is 0 Å². The summed E-state index contributed by atoms with van der Waals surface area (Å²) in [6.45, 7) is 2.04. The van der Waals surface area contributed by atoms with Crippen LogP contribution in [0, 0.1) is 6.92 Å². The van der Waals surface area contributed by atoms with Gasteiger partial charge in [-0.25, -0.2) is 0 Å². The molecule has 0 atom stereocenters. The number of aryl methyl sites for hydroxylation is 1. The molecule has 0 aliphatic rings. The lowest BCUT2D eigenvalue weighted by molar-refractivity contribution is 1.53. The fourth-order valence-corrected chi connectivity index (χ4v) is 1.64. The van der Waals surface area contributed by atoms with Gasteiger partial charge in [0.2, 0.25) is 0 Å². The summed E-state index contributed by atoms with van der Waals surface area (Å²) in [5.41, 5.74) is 14.5. The van der Waals surface area contributed by atoms with Crippen molar-refractivity contribution in [2.45, 2.75) is 6.92 Å². The number of hydrogen-bond donors (Lipinski definition) is 2. The van der Waals surface area contributed by atoms with Crippen LogP contribution in [0.5, 0.6) is 0 Å². The summed E-state index contributed by atoms with van der Waals surface area (Å²) < 4.78 is 0. The molecule has 0 spiro atoms. The molecular weight excluding hydrogens is 160 g/mol. The zero-order valence-corrected chi connectivity index (χ0v) is 7.54. The predicted octanol–water partition coefficient (Wildman–Crippen LogP) is 2.31. The molecule has 0 fully saturated rings. The zero-order valence-electron chi connectivity index (χ0n) is 7.54. The highest BCUT2D eigenvalue weighted by Crippen LogP contribution is 2.28. The maximum absolute atomic E-state index is 5.87. The van der Waals surface area contributed by atoms with Crippen LogP contribution in [-0.2, 0) is 0 Å². The highest BCUT2D eigenvalue weighted by Gasteiger charge is 2.02. The fourth-order valence-electron chi connectivity index (χ4n) is 1.64. The average Bonchev–Trinajstić information content (AvgIpc) is 2.12. The van der Waals surface area contributed by atoms with Gasteiger partial charge in [0.1, 0.15) is 0 Å². The fraction of sp³-hybridized carbons (Fsp3) is 0.0909. The first-order chi connectivity index (χ1) is 6.20. The van der Waals surface area contributed by atoms with Gasteiger partial charge in [0.15, 0.2) is 0 Å². The van der Waals surface area contributed by atoms with Gasteiger partial charge in [0.05, 0.1) is 0 Å². The highest BCUT2D eigenvalue weighted by atomic mass is 14.6. The number of anilines is 2. The van der Waals surface area contributed by atoms with Crippen LogP contribution in [0.2, 0.25) is 0 Å². The molecule has 0 aliphatic carbocycles. The van der Waals surface area contributed by atoms with Crippen molar-refractivity contribution in [1.29, 1.82) is 0 Å². The Hall–Kier alpha value is -1.70. The summed E-state index contributed by atoms with van der Waals surface area (Å²) in [6.07, 6.45) is 0. The number of nitrogen functional groups attached to an aromatic ring is 2. The van der Waals surface area contributed by atoms with E-state index in [-0.39, 0.29) is 0 Å². The Morgan fingerprint density at radius 2 is 1.69 bits per heavy atom. The van der Waals surface area contributed by atoms with E-state index in [2.05, 4.69) is 0 Å². The molecule has 0 heterocycles. The van der Waals surface area contributed by atoms with E-state index in [1.165, 1.54) is 5.56 Å². The Morgan fingerprint density at radius 1 is 0.923 bits per heavy atom. The van der Waals surface area contributed by atoms with Crippen LogP contribution in [0.15, 0.2) is 30.3 Å². The molecule has 2 heteroatoms. The van der Waals surface area contributed by atoms with Crippen LogP contribution in [0.3, 0.4) is 0 Å². The van der Waals surface area contributed by atoms with Crippen molar-refractivity contribution in [2.24, 2.45) is 0 Å². The maximum atomic E-state index is 5.87. The van der Waals surface area contributed by atoms with E-state index in [4.69, 9.17) is 11.5 Å². The molecule has 0 aromatic heterocycles. The maximum Gasteiger partial charge on any atom is 0.0397 e. The van der Waals surface area contributed by atoms with E-state index < -0.39 is 0 Å². The first-order valence-electron chi connectivity index (χ1n) is 4.23. The molecule has 13 heavy (non-hydrogen) atoms. The van der Waals surface area contributed by atoms with Crippen molar-refractivity contribution in [2.75, 3.05) is 11.5 Å². The van der Waals surface area contributed by atoms with Gasteiger partial charge in [-0.3, -0.25) is 0 Å². The Balaban J connectivity index is 3.00. The number of rotatable bonds is 0. The minimum Gasteiger partial charge on any atom is -0.398 e. The summed E-state index contributed by atoms with van der Waals surface area (Å²) in [5.74, 6) is 0. The molecule has 0 amide bonds. The third-order valence-corrected chi connectivity index (χ3v) is 2.31. The molecule has 2 aromatic carbocycles. The molecule has 66 valence electrons. The van der Waals surface area contributed by atoms with Crippen molar-refractivity contribution < 1.29 is 0 Å². The van der Waals surface area contributed by atoms with Gasteiger partial charge in [0, 0.05) is 22.1 Å². The van der Waals surface area contributed by atoms with Crippen LogP contribution in [0.1, 0.15) is 5.56 Å². The van der Waals surface area contributed by atoms with Crippen LogP contribution in [0.4, 0.5) is 11.4 Å². The second-order valence-corrected chi connectivity index (χ2v) is 3.24. The molecule has 0 saturated heterocycles. The van der Waals surface area contributed by atoms with Crippen molar-refractivity contribution in [3.05, 3.63) is 35.9 Å².